The van der Waals surface area contributed by atoms with Crippen molar-refractivity contribution in [3.8, 4) is 11.1 Å². The molecule has 0 spiro atoms. The van der Waals surface area contributed by atoms with Crippen molar-refractivity contribution in [2.45, 2.75) is 6.54 Å². The second-order valence-electron chi connectivity index (χ2n) is 3.76. The highest BCUT2D eigenvalue weighted by Crippen LogP contribution is 2.17. The van der Waals surface area contributed by atoms with Crippen LogP contribution in [-0.2, 0) is 16.1 Å². The predicted molar refractivity (Wildman–Crippen MR) is 64.5 cm³/mol. The van der Waals surface area contributed by atoms with E-state index < -0.39 is 0 Å². The minimum absolute atomic E-state index is 0.00946. The summed E-state index contributed by atoms with van der Waals surface area (Å²) in [6, 6.07) is 9.94. The largest absolute Gasteiger partial charge is 0.377 e. The number of methoxy groups -OCH3 is 1. The number of hydrogen-bond acceptors (Lipinski definition) is 3. The van der Waals surface area contributed by atoms with E-state index in [1.165, 1.54) is 7.11 Å². The molecule has 88 valence electrons. The molecule has 0 bridgehead atoms. The molecule has 0 fully saturated rings. The third kappa shape index (κ3) is 3.01. The van der Waals surface area contributed by atoms with Gasteiger partial charge in [0.25, 0.3) is 0 Å². The average Bonchev–Trinajstić information content (AvgIpc) is 2.79. The van der Waals surface area contributed by atoms with Gasteiger partial charge in [0.05, 0.1) is 6.20 Å². The fourth-order valence-electron chi connectivity index (χ4n) is 1.62. The van der Waals surface area contributed by atoms with Crippen LogP contribution in [0.15, 0.2) is 42.7 Å². The molecule has 2 aromatic rings. The molecular formula is C13H14N2O2. The van der Waals surface area contributed by atoms with Crippen LogP contribution in [0.5, 0.6) is 0 Å². The van der Waals surface area contributed by atoms with Crippen molar-refractivity contribution < 1.29 is 9.53 Å². The number of hydrogen-bond donors (Lipinski definition) is 0. The van der Waals surface area contributed by atoms with Crippen molar-refractivity contribution in [2.75, 3.05) is 13.7 Å². The lowest BCUT2D eigenvalue weighted by atomic mass is 10.1. The lowest BCUT2D eigenvalue weighted by Gasteiger charge is -1.99. The number of carbonyl (C=O) groups excluding carboxylic acids is 1. The molecule has 0 radical (unpaired) electrons. The number of rotatable bonds is 5. The number of ketones is 1. The van der Waals surface area contributed by atoms with Crippen molar-refractivity contribution in [3.05, 3.63) is 42.7 Å². The molecule has 1 heterocycles. The van der Waals surface area contributed by atoms with Crippen molar-refractivity contribution in [2.24, 2.45) is 0 Å². The van der Waals surface area contributed by atoms with E-state index in [-0.39, 0.29) is 18.9 Å². The van der Waals surface area contributed by atoms with Crippen molar-refractivity contribution in [3.63, 3.8) is 0 Å². The molecule has 0 aliphatic rings. The van der Waals surface area contributed by atoms with E-state index in [1.54, 1.807) is 10.9 Å². The van der Waals surface area contributed by atoms with Gasteiger partial charge in [0, 0.05) is 18.9 Å². The number of ether oxygens (including phenoxy) is 1. The molecule has 4 heteroatoms. The first-order chi connectivity index (χ1) is 8.29. The maximum atomic E-state index is 11.4. The van der Waals surface area contributed by atoms with Gasteiger partial charge in [-0.3, -0.25) is 9.48 Å². The Balaban J connectivity index is 2.09. The molecule has 0 N–H and O–H groups in total. The third-order valence-electron chi connectivity index (χ3n) is 2.38. The van der Waals surface area contributed by atoms with Crippen LogP contribution < -0.4 is 0 Å². The monoisotopic (exact) mass is 230 g/mol. The Morgan fingerprint density at radius 2 is 2.06 bits per heavy atom. The van der Waals surface area contributed by atoms with Gasteiger partial charge in [-0.25, -0.2) is 0 Å². The Kier molecular flexibility index (Phi) is 3.67. The summed E-state index contributed by atoms with van der Waals surface area (Å²) in [5.74, 6) is 0.00946. The van der Waals surface area contributed by atoms with Crippen LogP contribution in [0.25, 0.3) is 11.1 Å². The topological polar surface area (TPSA) is 44.1 Å². The van der Waals surface area contributed by atoms with Gasteiger partial charge < -0.3 is 4.74 Å². The van der Waals surface area contributed by atoms with E-state index in [0.717, 1.165) is 11.1 Å². The number of carbonyl (C=O) groups is 1. The van der Waals surface area contributed by atoms with Crippen molar-refractivity contribution in [1.82, 2.24) is 9.78 Å². The quantitative estimate of drug-likeness (QED) is 0.786. The standard InChI is InChI=1S/C13H14N2O2/c1-17-10-13(16)9-15-8-12(7-14-15)11-5-3-2-4-6-11/h2-8H,9-10H2,1H3. The zero-order valence-electron chi connectivity index (χ0n) is 9.67. The van der Waals surface area contributed by atoms with Gasteiger partial charge in [-0.05, 0) is 5.56 Å². The van der Waals surface area contributed by atoms with Gasteiger partial charge in [0.2, 0.25) is 0 Å². The molecular weight excluding hydrogens is 216 g/mol. The van der Waals surface area contributed by atoms with E-state index in [2.05, 4.69) is 5.10 Å². The van der Waals surface area contributed by atoms with Crippen LogP contribution in [0, 0.1) is 0 Å². The highest BCUT2D eigenvalue weighted by atomic mass is 16.5. The van der Waals surface area contributed by atoms with Crippen LogP contribution in [0.1, 0.15) is 0 Å². The van der Waals surface area contributed by atoms with Gasteiger partial charge in [-0.2, -0.15) is 5.10 Å². The second-order valence-corrected chi connectivity index (χ2v) is 3.76. The van der Waals surface area contributed by atoms with Crippen LogP contribution >= 0.6 is 0 Å². The van der Waals surface area contributed by atoms with E-state index in [9.17, 15) is 4.79 Å². The van der Waals surface area contributed by atoms with Gasteiger partial charge in [0.1, 0.15) is 13.2 Å². The molecule has 1 aromatic heterocycles. The van der Waals surface area contributed by atoms with E-state index >= 15 is 0 Å². The molecule has 0 atom stereocenters. The summed E-state index contributed by atoms with van der Waals surface area (Å²) in [5.41, 5.74) is 2.11. The number of Topliss-reactive ketones (excluding diaryl/α,β-unsaturated/α-hetero) is 1. The minimum atomic E-state index is 0.00946. The first kappa shape index (κ1) is 11.5. The highest BCUT2D eigenvalue weighted by molar-refractivity contribution is 5.79. The zero-order chi connectivity index (χ0) is 12.1. The first-order valence-corrected chi connectivity index (χ1v) is 5.38. The van der Waals surface area contributed by atoms with E-state index in [4.69, 9.17) is 4.74 Å². The second kappa shape index (κ2) is 5.41. The number of benzene rings is 1. The molecule has 17 heavy (non-hydrogen) atoms. The SMILES string of the molecule is COCC(=O)Cn1cc(-c2ccccc2)cn1. The molecule has 0 aliphatic carbocycles. The molecule has 0 unspecified atom stereocenters. The lowest BCUT2D eigenvalue weighted by Crippen LogP contribution is -2.15. The molecule has 0 aliphatic heterocycles. The summed E-state index contributed by atoms with van der Waals surface area (Å²) >= 11 is 0. The maximum absolute atomic E-state index is 11.4. The Bertz CT molecular complexity index is 491. The third-order valence-corrected chi connectivity index (χ3v) is 2.38. The van der Waals surface area contributed by atoms with Crippen LogP contribution in [-0.4, -0.2) is 29.3 Å². The maximum Gasteiger partial charge on any atom is 0.179 e. The molecule has 0 saturated heterocycles. The van der Waals surface area contributed by atoms with E-state index in [0.29, 0.717) is 0 Å². The van der Waals surface area contributed by atoms with Crippen LogP contribution in [0.3, 0.4) is 0 Å². The summed E-state index contributed by atoms with van der Waals surface area (Å²) in [6.07, 6.45) is 3.62. The normalized spacial score (nSPS) is 10.4. The summed E-state index contributed by atoms with van der Waals surface area (Å²) in [7, 11) is 1.51. The van der Waals surface area contributed by atoms with Gasteiger partial charge in [-0.1, -0.05) is 30.3 Å². The zero-order valence-corrected chi connectivity index (χ0v) is 9.67. The Hall–Kier alpha value is -1.94. The molecule has 2 rings (SSSR count). The fraction of sp³-hybridized carbons (Fsp3) is 0.231. The molecule has 0 amide bonds. The summed E-state index contributed by atoms with van der Waals surface area (Å²) < 4.78 is 6.41. The fourth-order valence-corrected chi connectivity index (χ4v) is 1.62. The molecule has 0 saturated carbocycles. The van der Waals surface area contributed by atoms with Crippen molar-refractivity contribution in [1.29, 1.82) is 0 Å². The van der Waals surface area contributed by atoms with Crippen LogP contribution in [0.2, 0.25) is 0 Å². The predicted octanol–water partition coefficient (Wildman–Crippen LogP) is 1.77. The first-order valence-electron chi connectivity index (χ1n) is 5.38. The summed E-state index contributed by atoms with van der Waals surface area (Å²) in [6.45, 7) is 0.376. The lowest BCUT2D eigenvalue weighted by molar-refractivity contribution is -0.123. The Labute approximate surface area is 99.8 Å². The average molecular weight is 230 g/mol. The Morgan fingerprint density at radius 3 is 2.76 bits per heavy atom. The molecule has 4 nitrogen and oxygen atoms in total. The highest BCUT2D eigenvalue weighted by Gasteiger charge is 2.05. The number of aromatic nitrogens is 2. The van der Waals surface area contributed by atoms with Gasteiger partial charge in [0.15, 0.2) is 5.78 Å². The van der Waals surface area contributed by atoms with Gasteiger partial charge >= 0.3 is 0 Å². The smallest absolute Gasteiger partial charge is 0.179 e. The summed E-state index contributed by atoms with van der Waals surface area (Å²) in [4.78, 5) is 11.4. The minimum Gasteiger partial charge on any atom is -0.377 e. The van der Waals surface area contributed by atoms with Crippen LogP contribution in [0.4, 0.5) is 0 Å². The van der Waals surface area contributed by atoms with Crippen molar-refractivity contribution >= 4 is 5.78 Å². The van der Waals surface area contributed by atoms with E-state index in [1.807, 2.05) is 36.5 Å². The number of nitrogens with zero attached hydrogens (tertiary/aromatic N) is 2. The summed E-state index contributed by atoms with van der Waals surface area (Å²) in [5, 5.41) is 4.16. The molecule has 1 aromatic carbocycles. The van der Waals surface area contributed by atoms with Gasteiger partial charge in [-0.15, -0.1) is 0 Å². The Morgan fingerprint density at radius 1 is 1.29 bits per heavy atom.